The number of ether oxygens (including phenoxy) is 2. The molecule has 26 heavy (non-hydrogen) atoms. The van der Waals surface area contributed by atoms with Crippen LogP contribution in [-0.4, -0.2) is 50.0 Å². The number of hydrogen-bond acceptors (Lipinski definition) is 6. The Bertz CT molecular complexity index is 512. The monoisotopic (exact) mass is 364 g/mol. The number of hydrogen-bond donors (Lipinski definition) is 3. The number of rotatable bonds is 11. The van der Waals surface area contributed by atoms with E-state index in [9.17, 15) is 9.90 Å². The van der Waals surface area contributed by atoms with Crippen LogP contribution in [0.25, 0.3) is 0 Å². The van der Waals surface area contributed by atoms with E-state index < -0.39 is 6.10 Å². The van der Waals surface area contributed by atoms with Crippen molar-refractivity contribution >= 4 is 5.97 Å². The lowest BCUT2D eigenvalue weighted by molar-refractivity contribution is -0.147. The van der Waals surface area contributed by atoms with Gasteiger partial charge in [0.2, 0.25) is 0 Å². The van der Waals surface area contributed by atoms with Gasteiger partial charge in [0, 0.05) is 6.54 Å². The van der Waals surface area contributed by atoms with Gasteiger partial charge in [-0.1, -0.05) is 24.6 Å². The summed E-state index contributed by atoms with van der Waals surface area (Å²) in [4.78, 5) is 11.7. The normalized spacial score (nSPS) is 21.2. The van der Waals surface area contributed by atoms with Gasteiger partial charge < -0.3 is 25.6 Å². The second kappa shape index (κ2) is 11.9. The Balaban J connectivity index is 1.49. The second-order valence-electron chi connectivity index (χ2n) is 7.05. The molecule has 1 fully saturated rings. The van der Waals surface area contributed by atoms with Crippen molar-refractivity contribution in [3.63, 3.8) is 0 Å². The Kier molecular flexibility index (Phi) is 9.45. The Morgan fingerprint density at radius 3 is 2.77 bits per heavy atom. The number of carbonyl (C=O) groups is 1. The smallest absolute Gasteiger partial charge is 0.307 e. The van der Waals surface area contributed by atoms with Crippen molar-refractivity contribution in [2.45, 2.75) is 38.2 Å². The molecule has 0 heterocycles. The third-order valence-electron chi connectivity index (χ3n) is 4.79. The van der Waals surface area contributed by atoms with Gasteiger partial charge in [0.25, 0.3) is 0 Å². The van der Waals surface area contributed by atoms with E-state index in [4.69, 9.17) is 15.2 Å². The van der Waals surface area contributed by atoms with Crippen molar-refractivity contribution in [2.24, 2.45) is 17.6 Å². The first-order valence-electron chi connectivity index (χ1n) is 9.59. The maximum Gasteiger partial charge on any atom is 0.307 e. The van der Waals surface area contributed by atoms with Gasteiger partial charge in [0.15, 0.2) is 0 Å². The lowest BCUT2D eigenvalue weighted by atomic mass is 9.81. The molecule has 3 unspecified atom stereocenters. The van der Waals surface area contributed by atoms with Crippen molar-refractivity contribution in [3.8, 4) is 5.75 Å². The molecule has 6 nitrogen and oxygen atoms in total. The van der Waals surface area contributed by atoms with E-state index in [0.29, 0.717) is 30.6 Å². The van der Waals surface area contributed by atoms with Crippen LogP contribution in [0.4, 0.5) is 0 Å². The number of nitrogens with two attached hydrogens (primary N) is 1. The summed E-state index contributed by atoms with van der Waals surface area (Å²) in [7, 11) is 0. The van der Waals surface area contributed by atoms with E-state index in [1.807, 2.05) is 30.3 Å². The highest BCUT2D eigenvalue weighted by Gasteiger charge is 2.20. The topological polar surface area (TPSA) is 93.8 Å². The molecular formula is C20H32N2O4. The van der Waals surface area contributed by atoms with Gasteiger partial charge in [-0.25, -0.2) is 0 Å². The Labute approximate surface area is 156 Å². The largest absolute Gasteiger partial charge is 0.491 e. The highest BCUT2D eigenvalue weighted by molar-refractivity contribution is 5.69. The van der Waals surface area contributed by atoms with Crippen LogP contribution in [0.1, 0.15) is 32.1 Å². The summed E-state index contributed by atoms with van der Waals surface area (Å²) >= 11 is 0. The van der Waals surface area contributed by atoms with Crippen LogP contribution in [0.2, 0.25) is 0 Å². The Morgan fingerprint density at radius 2 is 2.00 bits per heavy atom. The van der Waals surface area contributed by atoms with Crippen LogP contribution in [0.5, 0.6) is 5.75 Å². The average Bonchev–Trinajstić information content (AvgIpc) is 2.69. The van der Waals surface area contributed by atoms with Crippen molar-refractivity contribution in [1.29, 1.82) is 0 Å². The van der Waals surface area contributed by atoms with Crippen LogP contribution in [-0.2, 0) is 9.53 Å². The minimum Gasteiger partial charge on any atom is -0.491 e. The quantitative estimate of drug-likeness (QED) is 0.409. The van der Waals surface area contributed by atoms with Gasteiger partial charge in [-0.15, -0.1) is 0 Å². The second-order valence-corrected chi connectivity index (χ2v) is 7.05. The summed E-state index contributed by atoms with van der Waals surface area (Å²) < 4.78 is 10.5. The maximum atomic E-state index is 11.7. The third kappa shape index (κ3) is 8.17. The molecule has 0 aliphatic heterocycles. The summed E-state index contributed by atoms with van der Waals surface area (Å²) in [5.74, 6) is 1.69. The Morgan fingerprint density at radius 1 is 1.23 bits per heavy atom. The van der Waals surface area contributed by atoms with Crippen molar-refractivity contribution in [3.05, 3.63) is 30.3 Å². The lowest BCUT2D eigenvalue weighted by Crippen LogP contribution is -2.31. The minimum atomic E-state index is -0.831. The minimum absolute atomic E-state index is 0.0491. The SMILES string of the molecule is NCC1CCCC(CNCCC(=O)OCC(O)COc2ccccc2)C1. The summed E-state index contributed by atoms with van der Waals surface area (Å²) in [5, 5.41) is 13.2. The molecule has 0 amide bonds. The highest BCUT2D eigenvalue weighted by atomic mass is 16.5. The zero-order valence-electron chi connectivity index (χ0n) is 15.4. The molecule has 0 saturated heterocycles. The molecule has 6 heteroatoms. The fourth-order valence-electron chi connectivity index (χ4n) is 3.32. The predicted octanol–water partition coefficient (Wildman–Crippen LogP) is 1.71. The van der Waals surface area contributed by atoms with Gasteiger partial charge >= 0.3 is 5.97 Å². The molecule has 146 valence electrons. The van der Waals surface area contributed by atoms with E-state index in [1.165, 1.54) is 25.7 Å². The fraction of sp³-hybridized carbons (Fsp3) is 0.650. The van der Waals surface area contributed by atoms with Crippen molar-refractivity contribution < 1.29 is 19.4 Å². The molecule has 1 aromatic carbocycles. The summed E-state index contributed by atoms with van der Waals surface area (Å²) in [6.07, 6.45) is 4.39. The summed E-state index contributed by atoms with van der Waals surface area (Å²) in [6.45, 7) is 2.35. The van der Waals surface area contributed by atoms with Gasteiger partial charge in [-0.3, -0.25) is 4.79 Å². The molecule has 1 aromatic rings. The lowest BCUT2D eigenvalue weighted by Gasteiger charge is -2.28. The van der Waals surface area contributed by atoms with E-state index in [1.54, 1.807) is 0 Å². The van der Waals surface area contributed by atoms with Gasteiger partial charge in [0.05, 0.1) is 6.42 Å². The number of aliphatic hydroxyl groups excluding tert-OH is 1. The van der Waals surface area contributed by atoms with Crippen LogP contribution in [0, 0.1) is 11.8 Å². The van der Waals surface area contributed by atoms with E-state index in [0.717, 1.165) is 13.1 Å². The van der Waals surface area contributed by atoms with E-state index in [-0.39, 0.29) is 19.2 Å². The van der Waals surface area contributed by atoms with Gasteiger partial charge in [0.1, 0.15) is 25.1 Å². The average molecular weight is 364 g/mol. The number of para-hydroxylation sites is 1. The van der Waals surface area contributed by atoms with E-state index in [2.05, 4.69) is 5.32 Å². The standard InChI is InChI=1S/C20H32N2O4/c21-12-16-5-4-6-17(11-16)13-22-10-9-20(24)26-15-18(23)14-25-19-7-2-1-3-8-19/h1-3,7-8,16-18,22-23H,4-6,9-15,21H2. The maximum absolute atomic E-state index is 11.7. The van der Waals surface area contributed by atoms with Crippen LogP contribution >= 0.6 is 0 Å². The summed E-state index contributed by atoms with van der Waals surface area (Å²) in [6, 6.07) is 9.24. The molecule has 0 radical (unpaired) electrons. The molecule has 0 bridgehead atoms. The number of benzene rings is 1. The third-order valence-corrected chi connectivity index (χ3v) is 4.79. The molecule has 0 spiro atoms. The number of esters is 1. The van der Waals surface area contributed by atoms with Crippen LogP contribution in [0.15, 0.2) is 30.3 Å². The van der Waals surface area contributed by atoms with E-state index >= 15 is 0 Å². The zero-order chi connectivity index (χ0) is 18.6. The molecule has 1 saturated carbocycles. The first-order chi connectivity index (χ1) is 12.7. The predicted molar refractivity (Wildman–Crippen MR) is 101 cm³/mol. The molecule has 1 aliphatic rings. The first kappa shape index (κ1) is 20.7. The number of aliphatic hydroxyl groups is 1. The zero-order valence-corrected chi connectivity index (χ0v) is 15.4. The molecule has 1 aliphatic carbocycles. The highest BCUT2D eigenvalue weighted by Crippen LogP contribution is 2.27. The van der Waals surface area contributed by atoms with Crippen molar-refractivity contribution in [1.82, 2.24) is 5.32 Å². The fourth-order valence-corrected chi connectivity index (χ4v) is 3.32. The Hall–Kier alpha value is -1.63. The van der Waals surface area contributed by atoms with Gasteiger partial charge in [-0.05, 0) is 56.3 Å². The molecule has 4 N–H and O–H groups in total. The van der Waals surface area contributed by atoms with Crippen LogP contribution < -0.4 is 15.8 Å². The molecule has 0 aromatic heterocycles. The number of carbonyl (C=O) groups excluding carboxylic acids is 1. The van der Waals surface area contributed by atoms with Crippen LogP contribution in [0.3, 0.4) is 0 Å². The van der Waals surface area contributed by atoms with Gasteiger partial charge in [-0.2, -0.15) is 0 Å². The van der Waals surface area contributed by atoms with Crippen molar-refractivity contribution in [2.75, 3.05) is 32.8 Å². The molecule has 2 rings (SSSR count). The molecule has 3 atom stereocenters. The molecular weight excluding hydrogens is 332 g/mol. The summed E-state index contributed by atoms with van der Waals surface area (Å²) in [5.41, 5.74) is 5.76. The first-order valence-corrected chi connectivity index (χ1v) is 9.59. The number of nitrogens with one attached hydrogen (secondary N) is 1.